The van der Waals surface area contributed by atoms with Crippen LogP contribution < -0.4 is 9.47 Å². The van der Waals surface area contributed by atoms with Gasteiger partial charge in [0.05, 0.1) is 13.2 Å². The molecule has 0 saturated heterocycles. The van der Waals surface area contributed by atoms with Crippen LogP contribution in [0, 0.1) is 0 Å². The zero-order valence-corrected chi connectivity index (χ0v) is 26.2. The van der Waals surface area contributed by atoms with Gasteiger partial charge in [0.25, 0.3) is 0 Å². The van der Waals surface area contributed by atoms with E-state index in [0.717, 1.165) is 86.6 Å². The lowest BCUT2D eigenvalue weighted by Crippen LogP contribution is -2.15. The number of carboxylic acids is 2. The molecule has 0 aromatic heterocycles. The first kappa shape index (κ1) is 33.8. The number of ketones is 1. The smallest absolute Gasteiger partial charge is 0.303 e. The molecule has 0 radical (unpaired) electrons. The summed E-state index contributed by atoms with van der Waals surface area (Å²) in [7, 11) is 0. The lowest BCUT2D eigenvalue weighted by Gasteiger charge is -2.22. The highest BCUT2D eigenvalue weighted by Crippen LogP contribution is 2.33. The Balaban J connectivity index is 1.27. The van der Waals surface area contributed by atoms with Crippen molar-refractivity contribution in [1.29, 1.82) is 0 Å². The molecule has 0 aliphatic heterocycles. The molecule has 1 aliphatic rings. The number of fused-ring (bicyclic) bond motifs is 1. The van der Waals surface area contributed by atoms with E-state index in [9.17, 15) is 19.5 Å². The van der Waals surface area contributed by atoms with E-state index in [4.69, 9.17) is 14.6 Å². The van der Waals surface area contributed by atoms with E-state index in [1.165, 1.54) is 16.7 Å². The van der Waals surface area contributed by atoms with Gasteiger partial charge in [0.15, 0.2) is 5.78 Å². The number of carbonyl (C=O) groups is 3. The lowest BCUT2D eigenvalue weighted by atomic mass is 9.85. The number of hydrogen-bond donors (Lipinski definition) is 2. The van der Waals surface area contributed by atoms with Crippen molar-refractivity contribution in [2.45, 2.75) is 96.3 Å². The number of ether oxygens (including phenoxy) is 2. The minimum atomic E-state index is -0.859. The number of Topliss-reactive ketones (excluding diaryl/α,β-unsaturated/α-hetero) is 1. The Hall–Kier alpha value is -4.13. The van der Waals surface area contributed by atoms with Crippen molar-refractivity contribution in [3.05, 3.63) is 94.0 Å². The van der Waals surface area contributed by atoms with Gasteiger partial charge in [-0.05, 0) is 110 Å². The molecule has 0 spiro atoms. The fraction of sp³-hybridized carbons (Fsp3) is 0.447. The molecule has 0 saturated carbocycles. The quantitative estimate of drug-likeness (QED) is 0.125. The second-order valence-electron chi connectivity index (χ2n) is 11.8. The minimum Gasteiger partial charge on any atom is -0.493 e. The maximum absolute atomic E-state index is 12.6. The molecule has 240 valence electrons. The van der Waals surface area contributed by atoms with Gasteiger partial charge in [-0.2, -0.15) is 0 Å². The largest absolute Gasteiger partial charge is 0.493 e. The number of benzene rings is 3. The third kappa shape index (κ3) is 10.8. The molecule has 0 fully saturated rings. The molecule has 4 rings (SSSR count). The number of carboxylic acid groups (broad SMARTS) is 2. The molecule has 0 atom stereocenters. The number of aliphatic carboxylic acids is 2. The van der Waals surface area contributed by atoms with Crippen LogP contribution in [-0.2, 0) is 41.7 Å². The SMILES string of the molecule is O=C(O)CCCOc1cccc(CCCCCCOc2ccc3c(c2CCCc2ccccc2)CCCC3=O)c1CCC(=O)O. The van der Waals surface area contributed by atoms with Crippen LogP contribution in [0.25, 0.3) is 0 Å². The van der Waals surface area contributed by atoms with Crippen LogP contribution in [0.15, 0.2) is 60.7 Å². The number of carbonyl (C=O) groups excluding carboxylic acids is 1. The number of unbranched alkanes of at least 4 members (excludes halogenated alkanes) is 3. The third-order valence-corrected chi connectivity index (χ3v) is 8.46. The van der Waals surface area contributed by atoms with Gasteiger partial charge < -0.3 is 19.7 Å². The van der Waals surface area contributed by atoms with Crippen LogP contribution in [0.1, 0.15) is 102 Å². The van der Waals surface area contributed by atoms with Crippen molar-refractivity contribution < 1.29 is 34.1 Å². The maximum atomic E-state index is 12.6. The van der Waals surface area contributed by atoms with Crippen LogP contribution in [0.4, 0.5) is 0 Å². The van der Waals surface area contributed by atoms with Crippen LogP contribution >= 0.6 is 0 Å². The second-order valence-corrected chi connectivity index (χ2v) is 11.8. The van der Waals surface area contributed by atoms with E-state index in [1.807, 2.05) is 36.4 Å². The Morgan fingerprint density at radius 2 is 1.36 bits per heavy atom. The van der Waals surface area contributed by atoms with Crippen molar-refractivity contribution in [2.75, 3.05) is 13.2 Å². The summed E-state index contributed by atoms with van der Waals surface area (Å²) in [6, 6.07) is 20.3. The van der Waals surface area contributed by atoms with Gasteiger partial charge in [-0.25, -0.2) is 0 Å². The molecule has 2 N–H and O–H groups in total. The summed E-state index contributed by atoms with van der Waals surface area (Å²) in [5.74, 6) is 0.0981. The van der Waals surface area contributed by atoms with Gasteiger partial charge in [-0.3, -0.25) is 14.4 Å². The van der Waals surface area contributed by atoms with Gasteiger partial charge in [-0.15, -0.1) is 0 Å². The zero-order chi connectivity index (χ0) is 31.9. The zero-order valence-electron chi connectivity index (χ0n) is 26.2. The molecule has 1 aliphatic carbocycles. The molecule has 7 nitrogen and oxygen atoms in total. The molecular formula is C38H46O7. The molecule has 0 heterocycles. The Labute approximate surface area is 266 Å². The van der Waals surface area contributed by atoms with E-state index < -0.39 is 11.9 Å². The van der Waals surface area contributed by atoms with Crippen LogP contribution in [0.5, 0.6) is 11.5 Å². The van der Waals surface area contributed by atoms with Crippen molar-refractivity contribution in [2.24, 2.45) is 0 Å². The number of hydrogen-bond acceptors (Lipinski definition) is 5. The summed E-state index contributed by atoms with van der Waals surface area (Å²) in [5, 5.41) is 18.1. The van der Waals surface area contributed by atoms with Crippen LogP contribution in [0.3, 0.4) is 0 Å². The average Bonchev–Trinajstić information content (AvgIpc) is 3.03. The Morgan fingerprint density at radius 1 is 0.622 bits per heavy atom. The molecule has 0 bridgehead atoms. The first-order chi connectivity index (χ1) is 21.9. The van der Waals surface area contributed by atoms with Gasteiger partial charge in [0.2, 0.25) is 0 Å². The van der Waals surface area contributed by atoms with E-state index in [1.54, 1.807) is 0 Å². The Bertz CT molecular complexity index is 1410. The topological polar surface area (TPSA) is 110 Å². The minimum absolute atomic E-state index is 0.0188. The Kier molecular flexibility index (Phi) is 13.5. The molecular weight excluding hydrogens is 568 g/mol. The lowest BCUT2D eigenvalue weighted by molar-refractivity contribution is -0.138. The predicted molar refractivity (Wildman–Crippen MR) is 175 cm³/mol. The highest BCUT2D eigenvalue weighted by atomic mass is 16.5. The normalized spacial score (nSPS) is 12.5. The molecule has 0 unspecified atom stereocenters. The molecule has 45 heavy (non-hydrogen) atoms. The molecule has 7 heteroatoms. The summed E-state index contributed by atoms with van der Waals surface area (Å²) >= 11 is 0. The van der Waals surface area contributed by atoms with Crippen molar-refractivity contribution in [3.63, 3.8) is 0 Å². The van der Waals surface area contributed by atoms with Crippen LogP contribution in [0.2, 0.25) is 0 Å². The fourth-order valence-electron chi connectivity index (χ4n) is 6.16. The van der Waals surface area contributed by atoms with E-state index in [-0.39, 0.29) is 25.2 Å². The van der Waals surface area contributed by atoms with E-state index in [2.05, 4.69) is 24.3 Å². The monoisotopic (exact) mass is 614 g/mol. The first-order valence-corrected chi connectivity index (χ1v) is 16.4. The average molecular weight is 615 g/mol. The van der Waals surface area contributed by atoms with Crippen molar-refractivity contribution >= 4 is 17.7 Å². The standard InChI is InChI=1S/C38H46O7/c39-34-19-10-17-31-32(34)22-24-36(33(31)18-8-14-28-12-4-3-5-13-28)44-26-7-2-1-6-15-29-16-9-20-35(30(29)23-25-38(42)43)45-27-11-21-37(40)41/h3-5,9,12-13,16,20,22,24H,1-2,6-8,10-11,14-15,17-19,21,23,25-27H2,(H,40,41)(H,42,43). The predicted octanol–water partition coefficient (Wildman–Crippen LogP) is 7.82. The van der Waals surface area contributed by atoms with Gasteiger partial charge in [-0.1, -0.05) is 55.3 Å². The first-order valence-electron chi connectivity index (χ1n) is 16.4. The van der Waals surface area contributed by atoms with Crippen molar-refractivity contribution in [3.8, 4) is 11.5 Å². The summed E-state index contributed by atoms with van der Waals surface area (Å²) in [6.07, 6.45) is 11.0. The summed E-state index contributed by atoms with van der Waals surface area (Å²) < 4.78 is 12.2. The van der Waals surface area contributed by atoms with Gasteiger partial charge >= 0.3 is 11.9 Å². The maximum Gasteiger partial charge on any atom is 0.303 e. The highest BCUT2D eigenvalue weighted by molar-refractivity contribution is 5.99. The molecule has 0 amide bonds. The van der Waals surface area contributed by atoms with Gasteiger partial charge in [0.1, 0.15) is 11.5 Å². The van der Waals surface area contributed by atoms with Gasteiger partial charge in [0, 0.05) is 24.8 Å². The summed E-state index contributed by atoms with van der Waals surface area (Å²) in [4.78, 5) is 34.7. The molecule has 3 aromatic rings. The van der Waals surface area contributed by atoms with E-state index >= 15 is 0 Å². The fourth-order valence-corrected chi connectivity index (χ4v) is 6.16. The number of aryl methyl sites for hydroxylation is 2. The second kappa shape index (κ2) is 18.0. The van der Waals surface area contributed by atoms with E-state index in [0.29, 0.717) is 31.6 Å². The third-order valence-electron chi connectivity index (χ3n) is 8.46. The summed E-state index contributed by atoms with van der Waals surface area (Å²) in [5.41, 5.74) is 6.58. The van der Waals surface area contributed by atoms with Crippen LogP contribution in [-0.4, -0.2) is 41.1 Å². The van der Waals surface area contributed by atoms with Crippen molar-refractivity contribution in [1.82, 2.24) is 0 Å². The molecule has 3 aromatic carbocycles. The summed E-state index contributed by atoms with van der Waals surface area (Å²) in [6.45, 7) is 0.910. The highest BCUT2D eigenvalue weighted by Gasteiger charge is 2.22. The Morgan fingerprint density at radius 3 is 2.13 bits per heavy atom. The number of rotatable bonds is 20.